The lowest BCUT2D eigenvalue weighted by molar-refractivity contribution is 0.335. The Bertz CT molecular complexity index is 373. The molecule has 1 fully saturated rings. The van der Waals surface area contributed by atoms with Crippen LogP contribution in [0.4, 0.5) is 0 Å². The summed E-state index contributed by atoms with van der Waals surface area (Å²) in [6.07, 6.45) is 1.74. The van der Waals surface area contributed by atoms with Gasteiger partial charge in [0.1, 0.15) is 0 Å². The molecule has 7 heteroatoms. The Morgan fingerprint density at radius 1 is 1.20 bits per heavy atom. The van der Waals surface area contributed by atoms with Crippen molar-refractivity contribution in [2.75, 3.05) is 53.4 Å². The van der Waals surface area contributed by atoms with Crippen molar-refractivity contribution >= 4 is 10.2 Å². The van der Waals surface area contributed by atoms with Crippen LogP contribution in [0.1, 0.15) is 26.7 Å². The lowest BCUT2D eigenvalue weighted by atomic mass is 10.3. The summed E-state index contributed by atoms with van der Waals surface area (Å²) in [6.45, 7) is 8.59. The van der Waals surface area contributed by atoms with Crippen LogP contribution in [0.25, 0.3) is 0 Å². The van der Waals surface area contributed by atoms with E-state index in [0.29, 0.717) is 25.7 Å². The molecule has 0 aromatic carbocycles. The van der Waals surface area contributed by atoms with Crippen LogP contribution in [0.2, 0.25) is 0 Å². The standard InChI is InChI=1S/C13H30N4O2S/c1-13(2)14-7-5-9-16(4)20(18,19)17-10-6-8-15(3)11-12-17/h13-14H,5-12H2,1-4H3. The number of hydrogen-bond acceptors (Lipinski definition) is 4. The average molecular weight is 306 g/mol. The summed E-state index contributed by atoms with van der Waals surface area (Å²) in [5, 5.41) is 3.31. The summed E-state index contributed by atoms with van der Waals surface area (Å²) in [5.41, 5.74) is 0. The largest absolute Gasteiger partial charge is 0.314 e. The zero-order valence-corrected chi connectivity index (χ0v) is 14.1. The second kappa shape index (κ2) is 8.29. The molecule has 0 aromatic heterocycles. The highest BCUT2D eigenvalue weighted by Crippen LogP contribution is 2.10. The van der Waals surface area contributed by atoms with Gasteiger partial charge in [-0.3, -0.25) is 0 Å². The Morgan fingerprint density at radius 2 is 1.90 bits per heavy atom. The van der Waals surface area contributed by atoms with Gasteiger partial charge >= 0.3 is 0 Å². The molecule has 1 N–H and O–H groups in total. The fourth-order valence-electron chi connectivity index (χ4n) is 2.26. The Balaban J connectivity index is 2.45. The number of nitrogens with one attached hydrogen (secondary N) is 1. The van der Waals surface area contributed by atoms with E-state index < -0.39 is 10.2 Å². The predicted octanol–water partition coefficient (Wildman–Crippen LogP) is 0.189. The molecule has 20 heavy (non-hydrogen) atoms. The van der Waals surface area contributed by atoms with Crippen LogP contribution in [-0.2, 0) is 10.2 Å². The molecule has 0 spiro atoms. The zero-order chi connectivity index (χ0) is 15.2. The predicted molar refractivity (Wildman–Crippen MR) is 83.0 cm³/mol. The van der Waals surface area contributed by atoms with E-state index in [-0.39, 0.29) is 0 Å². The van der Waals surface area contributed by atoms with Crippen molar-refractivity contribution in [1.29, 1.82) is 0 Å². The molecule has 1 rings (SSSR count). The molecular formula is C13H30N4O2S. The van der Waals surface area contributed by atoms with Crippen LogP contribution in [0.3, 0.4) is 0 Å². The van der Waals surface area contributed by atoms with Crippen LogP contribution >= 0.6 is 0 Å². The number of hydrogen-bond donors (Lipinski definition) is 1. The van der Waals surface area contributed by atoms with E-state index in [2.05, 4.69) is 24.1 Å². The van der Waals surface area contributed by atoms with Crippen molar-refractivity contribution in [1.82, 2.24) is 18.8 Å². The molecule has 0 amide bonds. The number of nitrogens with zero attached hydrogens (tertiary/aromatic N) is 3. The minimum atomic E-state index is -3.30. The van der Waals surface area contributed by atoms with Gasteiger partial charge in [-0.25, -0.2) is 0 Å². The van der Waals surface area contributed by atoms with Gasteiger partial charge < -0.3 is 10.2 Å². The molecule has 6 nitrogen and oxygen atoms in total. The molecule has 1 aliphatic heterocycles. The van der Waals surface area contributed by atoms with E-state index in [1.807, 2.05) is 7.05 Å². The van der Waals surface area contributed by atoms with Crippen molar-refractivity contribution in [2.24, 2.45) is 0 Å². The zero-order valence-electron chi connectivity index (χ0n) is 13.3. The Hall–Kier alpha value is -0.210. The fraction of sp³-hybridized carbons (Fsp3) is 1.00. The molecule has 0 saturated carbocycles. The number of likely N-dealkylation sites (N-methyl/N-ethyl adjacent to an activating group) is 1. The van der Waals surface area contributed by atoms with Gasteiger partial charge in [-0.1, -0.05) is 13.8 Å². The Kier molecular flexibility index (Phi) is 7.39. The first-order valence-electron chi connectivity index (χ1n) is 7.47. The van der Waals surface area contributed by atoms with Crippen molar-refractivity contribution < 1.29 is 8.42 Å². The van der Waals surface area contributed by atoms with E-state index in [4.69, 9.17) is 0 Å². The highest BCUT2D eigenvalue weighted by atomic mass is 32.2. The molecule has 0 aliphatic carbocycles. The van der Waals surface area contributed by atoms with Gasteiger partial charge in [0.05, 0.1) is 0 Å². The summed E-state index contributed by atoms with van der Waals surface area (Å²) in [7, 11) is 0.422. The van der Waals surface area contributed by atoms with E-state index in [0.717, 1.165) is 32.5 Å². The first kappa shape index (κ1) is 17.8. The van der Waals surface area contributed by atoms with E-state index in [1.165, 1.54) is 4.31 Å². The van der Waals surface area contributed by atoms with Crippen molar-refractivity contribution in [3.05, 3.63) is 0 Å². The molecule has 0 atom stereocenters. The summed E-state index contributed by atoms with van der Waals surface area (Å²) >= 11 is 0. The van der Waals surface area contributed by atoms with Gasteiger partial charge in [-0.05, 0) is 33.0 Å². The van der Waals surface area contributed by atoms with Gasteiger partial charge in [-0.15, -0.1) is 0 Å². The van der Waals surface area contributed by atoms with Crippen molar-refractivity contribution in [3.8, 4) is 0 Å². The molecule has 0 radical (unpaired) electrons. The first-order valence-corrected chi connectivity index (χ1v) is 8.87. The highest BCUT2D eigenvalue weighted by Gasteiger charge is 2.27. The third-order valence-electron chi connectivity index (χ3n) is 3.60. The van der Waals surface area contributed by atoms with Crippen LogP contribution in [0, 0.1) is 0 Å². The van der Waals surface area contributed by atoms with Crippen molar-refractivity contribution in [2.45, 2.75) is 32.7 Å². The Labute approximate surface area is 124 Å². The summed E-state index contributed by atoms with van der Waals surface area (Å²) in [5.74, 6) is 0. The lowest BCUT2D eigenvalue weighted by Gasteiger charge is -2.26. The molecule has 0 aromatic rings. The lowest BCUT2D eigenvalue weighted by Crippen LogP contribution is -2.44. The molecular weight excluding hydrogens is 276 g/mol. The van der Waals surface area contributed by atoms with E-state index in [9.17, 15) is 8.42 Å². The maximum Gasteiger partial charge on any atom is 0.281 e. The van der Waals surface area contributed by atoms with Crippen molar-refractivity contribution in [3.63, 3.8) is 0 Å². The fourth-order valence-corrected chi connectivity index (χ4v) is 3.68. The van der Waals surface area contributed by atoms with Crippen LogP contribution in [0.15, 0.2) is 0 Å². The van der Waals surface area contributed by atoms with E-state index >= 15 is 0 Å². The van der Waals surface area contributed by atoms with Gasteiger partial charge in [0, 0.05) is 39.3 Å². The van der Waals surface area contributed by atoms with Crippen LogP contribution in [0.5, 0.6) is 0 Å². The monoisotopic (exact) mass is 306 g/mol. The first-order chi connectivity index (χ1) is 9.34. The average Bonchev–Trinajstić information content (AvgIpc) is 2.59. The highest BCUT2D eigenvalue weighted by molar-refractivity contribution is 7.86. The Morgan fingerprint density at radius 3 is 2.55 bits per heavy atom. The number of rotatable bonds is 7. The summed E-state index contributed by atoms with van der Waals surface area (Å²) in [6, 6.07) is 0.443. The topological polar surface area (TPSA) is 55.9 Å². The molecule has 120 valence electrons. The maximum absolute atomic E-state index is 12.5. The van der Waals surface area contributed by atoms with Gasteiger partial charge in [0.15, 0.2) is 0 Å². The van der Waals surface area contributed by atoms with Crippen LogP contribution < -0.4 is 5.32 Å². The second-order valence-corrected chi connectivity index (χ2v) is 7.88. The third kappa shape index (κ3) is 5.65. The molecule has 1 heterocycles. The van der Waals surface area contributed by atoms with Gasteiger partial charge in [0.25, 0.3) is 10.2 Å². The molecule has 0 unspecified atom stereocenters. The smallest absolute Gasteiger partial charge is 0.281 e. The third-order valence-corrected chi connectivity index (χ3v) is 5.59. The SMILES string of the molecule is CC(C)NCCCN(C)S(=O)(=O)N1CCCN(C)CC1. The van der Waals surface area contributed by atoms with Gasteiger partial charge in [0.2, 0.25) is 0 Å². The van der Waals surface area contributed by atoms with Gasteiger partial charge in [-0.2, -0.15) is 17.0 Å². The maximum atomic E-state index is 12.5. The molecule has 1 aliphatic rings. The molecule has 0 bridgehead atoms. The quantitative estimate of drug-likeness (QED) is 0.682. The van der Waals surface area contributed by atoms with E-state index in [1.54, 1.807) is 11.4 Å². The molecule has 1 saturated heterocycles. The summed E-state index contributed by atoms with van der Waals surface area (Å²) < 4.78 is 28.1. The minimum Gasteiger partial charge on any atom is -0.314 e. The normalized spacial score (nSPS) is 19.7. The second-order valence-electron chi connectivity index (χ2n) is 5.85. The summed E-state index contributed by atoms with van der Waals surface area (Å²) in [4.78, 5) is 2.18. The minimum absolute atomic E-state index is 0.443. The van der Waals surface area contributed by atoms with Crippen LogP contribution in [-0.4, -0.2) is 81.3 Å².